The van der Waals surface area contributed by atoms with E-state index in [1.165, 1.54) is 14.2 Å². The van der Waals surface area contributed by atoms with Crippen LogP contribution in [-0.2, 0) is 0 Å². The zero-order valence-corrected chi connectivity index (χ0v) is 20.5. The lowest BCUT2D eigenvalue weighted by Gasteiger charge is -2.14. The Hall–Kier alpha value is -4.58. The highest BCUT2D eigenvalue weighted by atomic mass is 16.5. The molecule has 6 heteroatoms. The zero-order valence-electron chi connectivity index (χ0n) is 20.5. The monoisotopic (exact) mass is 482 g/mol. The van der Waals surface area contributed by atoms with Crippen LogP contribution in [0.3, 0.4) is 0 Å². The number of hydrogen-bond acceptors (Lipinski definition) is 6. The Morgan fingerprint density at radius 3 is 1.03 bits per heavy atom. The van der Waals surface area contributed by atoms with Crippen molar-refractivity contribution in [1.82, 2.24) is 0 Å². The summed E-state index contributed by atoms with van der Waals surface area (Å²) in [5.41, 5.74) is 6.51. The SMILES string of the molecule is COc1cc(-c2ccc(-c3ccc(-c4cc(OC)c(C=O)cc4OC)cc3)cc2)c(OC)cc1C=O. The van der Waals surface area contributed by atoms with E-state index in [0.29, 0.717) is 34.1 Å². The van der Waals surface area contributed by atoms with E-state index in [0.717, 1.165) is 46.0 Å². The third kappa shape index (κ3) is 4.66. The number of carbonyl (C=O) groups excluding carboxylic acids is 2. The minimum absolute atomic E-state index is 0.435. The van der Waals surface area contributed by atoms with E-state index < -0.39 is 0 Å². The predicted molar refractivity (Wildman–Crippen MR) is 140 cm³/mol. The molecule has 0 radical (unpaired) electrons. The largest absolute Gasteiger partial charge is 0.496 e. The van der Waals surface area contributed by atoms with Gasteiger partial charge >= 0.3 is 0 Å². The molecule has 0 aliphatic rings. The minimum atomic E-state index is 0.435. The smallest absolute Gasteiger partial charge is 0.153 e. The molecule has 0 aliphatic carbocycles. The molecule has 0 N–H and O–H groups in total. The number of rotatable bonds is 9. The van der Waals surface area contributed by atoms with Gasteiger partial charge in [-0.05, 0) is 46.5 Å². The molecule has 0 aromatic heterocycles. The van der Waals surface area contributed by atoms with Crippen molar-refractivity contribution in [3.8, 4) is 56.4 Å². The van der Waals surface area contributed by atoms with E-state index in [1.54, 1.807) is 26.4 Å². The molecule has 182 valence electrons. The van der Waals surface area contributed by atoms with Gasteiger partial charge in [0.1, 0.15) is 23.0 Å². The third-order valence-electron chi connectivity index (χ3n) is 6.08. The first-order valence-corrected chi connectivity index (χ1v) is 11.2. The van der Waals surface area contributed by atoms with E-state index in [9.17, 15) is 9.59 Å². The lowest BCUT2D eigenvalue weighted by atomic mass is 9.96. The summed E-state index contributed by atoms with van der Waals surface area (Å²) in [5, 5.41) is 0. The Balaban J connectivity index is 1.66. The Labute approximate surface area is 210 Å². The first-order chi connectivity index (χ1) is 17.6. The molecular weight excluding hydrogens is 456 g/mol. The van der Waals surface area contributed by atoms with Crippen molar-refractivity contribution in [2.75, 3.05) is 28.4 Å². The highest BCUT2D eigenvalue weighted by molar-refractivity contribution is 5.86. The highest BCUT2D eigenvalue weighted by Gasteiger charge is 2.14. The van der Waals surface area contributed by atoms with Gasteiger partial charge in [0.25, 0.3) is 0 Å². The molecule has 0 fully saturated rings. The van der Waals surface area contributed by atoms with Gasteiger partial charge in [0.2, 0.25) is 0 Å². The van der Waals surface area contributed by atoms with Crippen LogP contribution in [0, 0.1) is 0 Å². The van der Waals surface area contributed by atoms with Gasteiger partial charge in [0.05, 0.1) is 39.6 Å². The third-order valence-corrected chi connectivity index (χ3v) is 6.08. The van der Waals surface area contributed by atoms with E-state index >= 15 is 0 Å². The maximum atomic E-state index is 11.4. The predicted octanol–water partition coefficient (Wildman–Crippen LogP) is 6.35. The maximum Gasteiger partial charge on any atom is 0.153 e. The molecule has 4 aromatic rings. The molecule has 0 heterocycles. The van der Waals surface area contributed by atoms with Crippen molar-refractivity contribution in [2.45, 2.75) is 0 Å². The van der Waals surface area contributed by atoms with Crippen molar-refractivity contribution in [3.63, 3.8) is 0 Å². The van der Waals surface area contributed by atoms with Crippen molar-refractivity contribution in [1.29, 1.82) is 0 Å². The average molecular weight is 483 g/mol. The van der Waals surface area contributed by atoms with Gasteiger partial charge < -0.3 is 18.9 Å². The van der Waals surface area contributed by atoms with Gasteiger partial charge in [-0.2, -0.15) is 0 Å². The minimum Gasteiger partial charge on any atom is -0.496 e. The second-order valence-electron chi connectivity index (χ2n) is 7.98. The van der Waals surface area contributed by atoms with Crippen LogP contribution in [0.5, 0.6) is 23.0 Å². The summed E-state index contributed by atoms with van der Waals surface area (Å²) in [5.74, 6) is 2.18. The fraction of sp³-hybridized carbons (Fsp3) is 0.133. The first kappa shape index (κ1) is 24.5. The van der Waals surface area contributed by atoms with Crippen molar-refractivity contribution in [3.05, 3.63) is 83.9 Å². The van der Waals surface area contributed by atoms with Crippen LogP contribution in [0.2, 0.25) is 0 Å². The quantitative estimate of drug-likeness (QED) is 0.259. The van der Waals surface area contributed by atoms with Crippen LogP contribution in [0.15, 0.2) is 72.8 Å². The van der Waals surface area contributed by atoms with Crippen LogP contribution < -0.4 is 18.9 Å². The van der Waals surface area contributed by atoms with Gasteiger partial charge in [0, 0.05) is 11.1 Å². The van der Waals surface area contributed by atoms with Crippen LogP contribution in [0.1, 0.15) is 20.7 Å². The lowest BCUT2D eigenvalue weighted by Crippen LogP contribution is -1.95. The average Bonchev–Trinajstić information content (AvgIpc) is 2.95. The summed E-state index contributed by atoms with van der Waals surface area (Å²) < 4.78 is 21.7. The molecule has 0 unspecified atom stereocenters. The van der Waals surface area contributed by atoms with E-state index in [4.69, 9.17) is 18.9 Å². The molecule has 4 aromatic carbocycles. The molecule has 0 spiro atoms. The molecule has 0 aliphatic heterocycles. The number of methoxy groups -OCH3 is 4. The normalized spacial score (nSPS) is 10.4. The van der Waals surface area contributed by atoms with Crippen molar-refractivity contribution >= 4 is 12.6 Å². The molecule has 0 atom stereocenters. The van der Waals surface area contributed by atoms with Gasteiger partial charge in [-0.3, -0.25) is 9.59 Å². The zero-order chi connectivity index (χ0) is 25.7. The fourth-order valence-electron chi connectivity index (χ4n) is 4.16. The first-order valence-electron chi connectivity index (χ1n) is 11.2. The topological polar surface area (TPSA) is 71.1 Å². The van der Waals surface area contributed by atoms with Gasteiger partial charge in [-0.25, -0.2) is 0 Å². The van der Waals surface area contributed by atoms with Crippen molar-refractivity contribution < 1.29 is 28.5 Å². The summed E-state index contributed by atoms with van der Waals surface area (Å²) in [4.78, 5) is 22.7. The van der Waals surface area contributed by atoms with Gasteiger partial charge in [-0.15, -0.1) is 0 Å². The van der Waals surface area contributed by atoms with Crippen LogP contribution in [0.4, 0.5) is 0 Å². The maximum absolute atomic E-state index is 11.4. The summed E-state index contributed by atoms with van der Waals surface area (Å²) in [6.07, 6.45) is 1.50. The standard InChI is InChI=1S/C30H26O6/c1-33-27-15-25(29(35-3)13-23(27)17-31)21-9-5-19(6-10-21)20-7-11-22(12-8-20)26-16-28(34-2)24(18-32)14-30(26)36-4/h5-18H,1-4H3. The van der Waals surface area contributed by atoms with Crippen LogP contribution >= 0.6 is 0 Å². The molecule has 36 heavy (non-hydrogen) atoms. The molecule has 0 bridgehead atoms. The summed E-state index contributed by atoms with van der Waals surface area (Å²) in [6, 6.07) is 23.1. The number of ether oxygens (including phenoxy) is 4. The summed E-state index contributed by atoms with van der Waals surface area (Å²) in [6.45, 7) is 0. The second-order valence-corrected chi connectivity index (χ2v) is 7.98. The second kappa shape index (κ2) is 10.8. The van der Waals surface area contributed by atoms with E-state index in [1.807, 2.05) is 60.7 Å². The Morgan fingerprint density at radius 2 is 0.750 bits per heavy atom. The van der Waals surface area contributed by atoms with E-state index in [-0.39, 0.29) is 0 Å². The number of hydrogen-bond donors (Lipinski definition) is 0. The summed E-state index contributed by atoms with van der Waals surface area (Å²) >= 11 is 0. The van der Waals surface area contributed by atoms with Gasteiger partial charge in [0.15, 0.2) is 12.6 Å². The Morgan fingerprint density at radius 1 is 0.444 bits per heavy atom. The molecule has 4 rings (SSSR count). The van der Waals surface area contributed by atoms with Crippen LogP contribution in [0.25, 0.3) is 33.4 Å². The summed E-state index contributed by atoms with van der Waals surface area (Å²) in [7, 11) is 6.22. The molecular formula is C30H26O6. The Bertz CT molecular complexity index is 1280. The fourth-order valence-corrected chi connectivity index (χ4v) is 4.16. The highest BCUT2D eigenvalue weighted by Crippen LogP contribution is 2.38. The molecule has 0 saturated carbocycles. The van der Waals surface area contributed by atoms with Crippen LogP contribution in [-0.4, -0.2) is 41.0 Å². The Kier molecular flexibility index (Phi) is 7.35. The van der Waals surface area contributed by atoms with E-state index in [2.05, 4.69) is 0 Å². The number of benzene rings is 4. The number of carbonyl (C=O) groups is 2. The van der Waals surface area contributed by atoms with Crippen molar-refractivity contribution in [2.24, 2.45) is 0 Å². The number of aldehydes is 2. The lowest BCUT2D eigenvalue weighted by molar-refractivity contribution is 0.111. The molecule has 6 nitrogen and oxygen atoms in total. The van der Waals surface area contributed by atoms with Gasteiger partial charge in [-0.1, -0.05) is 48.5 Å². The molecule has 0 saturated heterocycles. The molecule has 0 amide bonds.